The molecule has 98 valence electrons. The van der Waals surface area contributed by atoms with E-state index in [1.807, 2.05) is 13.8 Å². The molecule has 0 amide bonds. The first-order valence-electron chi connectivity index (χ1n) is 6.30. The summed E-state index contributed by atoms with van der Waals surface area (Å²) in [5, 5.41) is 3.17. The van der Waals surface area contributed by atoms with Crippen molar-refractivity contribution in [2.45, 2.75) is 58.6 Å². The average Bonchev–Trinajstić information content (AvgIpc) is 2.77. The van der Waals surface area contributed by atoms with Crippen LogP contribution in [0.2, 0.25) is 0 Å². The van der Waals surface area contributed by atoms with Gasteiger partial charge in [-0.3, -0.25) is 0 Å². The zero-order valence-corrected chi connectivity index (χ0v) is 12.3. The number of ether oxygens (including phenoxy) is 1. The Hall–Kier alpha value is -0.450. The van der Waals surface area contributed by atoms with Gasteiger partial charge < -0.3 is 10.5 Å². The molecule has 1 aromatic rings. The van der Waals surface area contributed by atoms with Crippen molar-refractivity contribution in [1.29, 1.82) is 0 Å². The lowest BCUT2D eigenvalue weighted by Crippen LogP contribution is -2.26. The number of hydrogen-bond acceptors (Lipinski definition) is 4. The van der Waals surface area contributed by atoms with E-state index in [4.69, 9.17) is 15.5 Å². The lowest BCUT2D eigenvalue weighted by molar-refractivity contribution is -0.0325. The Kier molecular flexibility index (Phi) is 5.10. The minimum absolute atomic E-state index is 0.130. The van der Waals surface area contributed by atoms with E-state index in [9.17, 15) is 0 Å². The molecule has 0 aliphatic carbocycles. The lowest BCUT2D eigenvalue weighted by Gasteiger charge is -2.25. The highest BCUT2D eigenvalue weighted by Gasteiger charge is 2.29. The maximum atomic E-state index is 5.91. The highest BCUT2D eigenvalue weighted by Crippen LogP contribution is 2.33. The Morgan fingerprint density at radius 2 is 2.12 bits per heavy atom. The molecule has 0 bridgehead atoms. The molecule has 0 aliphatic rings. The molecule has 0 spiro atoms. The van der Waals surface area contributed by atoms with Crippen LogP contribution in [0.25, 0.3) is 0 Å². The predicted molar refractivity (Wildman–Crippen MR) is 73.4 cm³/mol. The summed E-state index contributed by atoms with van der Waals surface area (Å²) in [4.78, 5) is 4.71. The number of nitrogens with two attached hydrogens (primary N) is 1. The minimum atomic E-state index is -0.255. The number of nitrogens with zero attached hydrogens (tertiary/aromatic N) is 1. The third-order valence-corrected chi connectivity index (χ3v) is 4.47. The minimum Gasteiger partial charge on any atom is -0.368 e. The molecule has 0 fully saturated rings. The Bertz CT molecular complexity index is 351. The molecule has 0 saturated heterocycles. The van der Waals surface area contributed by atoms with E-state index in [0.717, 1.165) is 17.1 Å². The van der Waals surface area contributed by atoms with Gasteiger partial charge in [0.25, 0.3) is 0 Å². The van der Waals surface area contributed by atoms with Gasteiger partial charge in [-0.25, -0.2) is 4.98 Å². The van der Waals surface area contributed by atoms with E-state index in [1.165, 1.54) is 0 Å². The molecular formula is C13H24N2OS. The summed E-state index contributed by atoms with van der Waals surface area (Å²) in [7, 11) is 0. The molecule has 3 atom stereocenters. The van der Waals surface area contributed by atoms with E-state index in [-0.39, 0.29) is 11.6 Å². The third kappa shape index (κ3) is 3.27. The highest BCUT2D eigenvalue weighted by atomic mass is 32.1. The van der Waals surface area contributed by atoms with Gasteiger partial charge in [-0.1, -0.05) is 13.8 Å². The molecule has 0 aromatic carbocycles. The largest absolute Gasteiger partial charge is 0.368 e. The van der Waals surface area contributed by atoms with Crippen LogP contribution in [-0.4, -0.2) is 17.6 Å². The van der Waals surface area contributed by atoms with Crippen molar-refractivity contribution in [2.75, 3.05) is 6.61 Å². The molecule has 4 heteroatoms. The Labute approximate surface area is 108 Å². The van der Waals surface area contributed by atoms with E-state index in [1.54, 1.807) is 11.3 Å². The topological polar surface area (TPSA) is 48.1 Å². The van der Waals surface area contributed by atoms with Gasteiger partial charge in [0.1, 0.15) is 10.6 Å². The highest BCUT2D eigenvalue weighted by molar-refractivity contribution is 7.09. The first-order chi connectivity index (χ1) is 7.94. The van der Waals surface area contributed by atoms with Gasteiger partial charge in [0.05, 0.1) is 5.69 Å². The molecule has 0 radical (unpaired) electrons. The number of aromatic nitrogens is 1. The zero-order chi connectivity index (χ0) is 13.1. The molecule has 3 nitrogen and oxygen atoms in total. The Balaban J connectivity index is 2.93. The summed E-state index contributed by atoms with van der Waals surface area (Å²) < 4.78 is 5.83. The molecular weight excluding hydrogens is 232 g/mol. The van der Waals surface area contributed by atoms with Gasteiger partial charge in [0.2, 0.25) is 0 Å². The van der Waals surface area contributed by atoms with Gasteiger partial charge in [-0.05, 0) is 27.2 Å². The molecule has 2 N–H and O–H groups in total. The second kappa shape index (κ2) is 5.94. The van der Waals surface area contributed by atoms with Crippen molar-refractivity contribution >= 4 is 11.3 Å². The van der Waals surface area contributed by atoms with Crippen LogP contribution < -0.4 is 5.73 Å². The van der Waals surface area contributed by atoms with E-state index < -0.39 is 0 Å². The predicted octanol–water partition coefficient (Wildman–Crippen LogP) is 3.26. The fourth-order valence-corrected chi connectivity index (χ4v) is 2.75. The van der Waals surface area contributed by atoms with Crippen LogP contribution in [0.3, 0.4) is 0 Å². The Morgan fingerprint density at radius 3 is 2.59 bits per heavy atom. The van der Waals surface area contributed by atoms with Crippen molar-refractivity contribution in [3.8, 4) is 0 Å². The summed E-state index contributed by atoms with van der Waals surface area (Å²) in [6.45, 7) is 11.1. The second-order valence-corrected chi connectivity index (χ2v) is 5.60. The maximum Gasteiger partial charge on any atom is 0.125 e. The fraction of sp³-hybridized carbons (Fsp3) is 0.769. The molecule has 3 unspecified atom stereocenters. The van der Waals surface area contributed by atoms with Crippen molar-refractivity contribution in [3.05, 3.63) is 16.1 Å². The molecule has 0 saturated carbocycles. The number of rotatable bonds is 6. The van der Waals surface area contributed by atoms with Crippen LogP contribution in [0.1, 0.15) is 57.7 Å². The SMILES string of the molecule is CCOC(C)(CC)c1nc(C(C)C(C)N)cs1. The summed E-state index contributed by atoms with van der Waals surface area (Å²) in [5.41, 5.74) is 6.74. The molecule has 17 heavy (non-hydrogen) atoms. The standard InChI is InChI=1S/C13H24N2OS/c1-6-13(5,16-7-2)12-15-11(8-17-12)9(3)10(4)14/h8-10H,6-7,14H2,1-5H3. The van der Waals surface area contributed by atoms with Gasteiger partial charge in [0, 0.05) is 23.9 Å². The molecule has 0 aliphatic heterocycles. The average molecular weight is 256 g/mol. The molecule has 1 heterocycles. The van der Waals surface area contributed by atoms with Crippen LogP contribution >= 0.6 is 11.3 Å². The summed E-state index contributed by atoms with van der Waals surface area (Å²) >= 11 is 1.68. The third-order valence-electron chi connectivity index (χ3n) is 3.37. The summed E-state index contributed by atoms with van der Waals surface area (Å²) in [5.74, 6) is 0.294. The number of thiazole rings is 1. The normalized spacial score (nSPS) is 18.7. The lowest BCUT2D eigenvalue weighted by atomic mass is 10.0. The maximum absolute atomic E-state index is 5.91. The van der Waals surface area contributed by atoms with Crippen molar-refractivity contribution < 1.29 is 4.74 Å². The Morgan fingerprint density at radius 1 is 1.47 bits per heavy atom. The molecule has 1 aromatic heterocycles. The van der Waals surface area contributed by atoms with Crippen molar-refractivity contribution in [3.63, 3.8) is 0 Å². The second-order valence-electron chi connectivity index (χ2n) is 4.74. The van der Waals surface area contributed by atoms with Crippen LogP contribution in [0.5, 0.6) is 0 Å². The van der Waals surface area contributed by atoms with Crippen LogP contribution in [0.4, 0.5) is 0 Å². The van der Waals surface area contributed by atoms with Gasteiger partial charge >= 0.3 is 0 Å². The first-order valence-corrected chi connectivity index (χ1v) is 7.18. The molecule has 1 rings (SSSR count). The van der Waals surface area contributed by atoms with Crippen LogP contribution in [0, 0.1) is 0 Å². The quantitative estimate of drug-likeness (QED) is 0.850. The summed E-state index contributed by atoms with van der Waals surface area (Å²) in [6, 6.07) is 0.130. The smallest absolute Gasteiger partial charge is 0.125 e. The summed E-state index contributed by atoms with van der Waals surface area (Å²) in [6.07, 6.45) is 0.931. The van der Waals surface area contributed by atoms with Gasteiger partial charge in [-0.2, -0.15) is 0 Å². The van der Waals surface area contributed by atoms with Gasteiger partial charge in [-0.15, -0.1) is 11.3 Å². The zero-order valence-electron chi connectivity index (χ0n) is 11.5. The fourth-order valence-electron chi connectivity index (χ4n) is 1.64. The van der Waals surface area contributed by atoms with E-state index in [0.29, 0.717) is 12.5 Å². The van der Waals surface area contributed by atoms with Crippen molar-refractivity contribution in [2.24, 2.45) is 5.73 Å². The van der Waals surface area contributed by atoms with E-state index in [2.05, 4.69) is 26.2 Å². The van der Waals surface area contributed by atoms with Crippen LogP contribution in [0.15, 0.2) is 5.38 Å². The monoisotopic (exact) mass is 256 g/mol. The first kappa shape index (κ1) is 14.6. The van der Waals surface area contributed by atoms with Gasteiger partial charge in [0.15, 0.2) is 0 Å². The van der Waals surface area contributed by atoms with Crippen LogP contribution in [-0.2, 0) is 10.3 Å². The van der Waals surface area contributed by atoms with Crippen molar-refractivity contribution in [1.82, 2.24) is 4.98 Å². The number of hydrogen-bond donors (Lipinski definition) is 1. The van der Waals surface area contributed by atoms with E-state index >= 15 is 0 Å².